The Bertz CT molecular complexity index is 319. The van der Waals surface area contributed by atoms with Crippen LogP contribution < -0.4 is 4.72 Å². The first-order valence-electron chi connectivity index (χ1n) is 5.17. The third-order valence-corrected chi connectivity index (χ3v) is 4.54. The Kier molecular flexibility index (Phi) is 4.10. The van der Waals surface area contributed by atoms with Crippen LogP contribution in [0.5, 0.6) is 0 Å². The highest BCUT2D eigenvalue weighted by molar-refractivity contribution is 7.90. The van der Waals surface area contributed by atoms with Gasteiger partial charge in [0.05, 0.1) is 0 Å². The zero-order valence-corrected chi connectivity index (χ0v) is 9.59. The predicted molar refractivity (Wildman–Crippen MR) is 56.0 cm³/mol. The van der Waals surface area contributed by atoms with E-state index in [0.29, 0.717) is 0 Å². The maximum absolute atomic E-state index is 11.5. The van der Waals surface area contributed by atoms with Crippen molar-refractivity contribution in [1.82, 2.24) is 4.72 Å². The van der Waals surface area contributed by atoms with Gasteiger partial charge >= 0.3 is 5.97 Å². The second kappa shape index (κ2) is 4.94. The van der Waals surface area contributed by atoms with E-state index >= 15 is 0 Å². The lowest BCUT2D eigenvalue weighted by molar-refractivity contribution is -0.136. The van der Waals surface area contributed by atoms with Gasteiger partial charge in [-0.15, -0.1) is 0 Å². The Labute approximate surface area is 89.9 Å². The Morgan fingerprint density at radius 3 is 2.33 bits per heavy atom. The molecule has 15 heavy (non-hydrogen) atoms. The second-order valence-corrected chi connectivity index (χ2v) is 6.01. The quantitative estimate of drug-likeness (QED) is 0.751. The number of nitrogens with one attached hydrogen (secondary N) is 1. The Hall–Kier alpha value is -0.620. The number of carboxylic acids is 1. The average Bonchev–Trinajstić information content (AvgIpc) is 2.17. The fourth-order valence-electron chi connectivity index (χ4n) is 1.69. The first kappa shape index (κ1) is 12.4. The van der Waals surface area contributed by atoms with Gasteiger partial charge in [-0.25, -0.2) is 13.1 Å². The van der Waals surface area contributed by atoms with Crippen LogP contribution in [0.3, 0.4) is 0 Å². The van der Waals surface area contributed by atoms with Crippen LogP contribution in [0.25, 0.3) is 0 Å². The van der Waals surface area contributed by atoms with Gasteiger partial charge in [0.15, 0.2) is 5.25 Å². The van der Waals surface area contributed by atoms with E-state index in [0.717, 1.165) is 32.1 Å². The molecule has 5 nitrogen and oxygen atoms in total. The molecule has 1 fully saturated rings. The number of carbonyl (C=O) groups is 1. The Morgan fingerprint density at radius 1 is 1.33 bits per heavy atom. The number of rotatable bonds is 4. The molecule has 1 rings (SSSR count). The van der Waals surface area contributed by atoms with Crippen molar-refractivity contribution in [2.24, 2.45) is 0 Å². The highest BCUT2D eigenvalue weighted by atomic mass is 32.2. The van der Waals surface area contributed by atoms with Gasteiger partial charge in [0.25, 0.3) is 0 Å². The van der Waals surface area contributed by atoms with Crippen molar-refractivity contribution < 1.29 is 18.3 Å². The monoisotopic (exact) mass is 235 g/mol. The fraction of sp³-hybridized carbons (Fsp3) is 0.889. The van der Waals surface area contributed by atoms with Gasteiger partial charge in [0.2, 0.25) is 10.0 Å². The molecule has 0 radical (unpaired) electrons. The number of hydrogen-bond donors (Lipinski definition) is 2. The Balaban J connectivity index is 2.58. The van der Waals surface area contributed by atoms with Crippen LogP contribution >= 0.6 is 0 Å². The summed E-state index contributed by atoms with van der Waals surface area (Å²) in [4.78, 5) is 10.6. The van der Waals surface area contributed by atoms with Crippen molar-refractivity contribution in [3.63, 3.8) is 0 Å². The van der Waals surface area contributed by atoms with Gasteiger partial charge in [0.1, 0.15) is 0 Å². The number of carboxylic acid groups (broad SMARTS) is 1. The van der Waals surface area contributed by atoms with Crippen molar-refractivity contribution in [3.8, 4) is 0 Å². The minimum Gasteiger partial charge on any atom is -0.480 e. The van der Waals surface area contributed by atoms with E-state index in [1.165, 1.54) is 6.92 Å². The van der Waals surface area contributed by atoms with Crippen LogP contribution in [0.2, 0.25) is 0 Å². The van der Waals surface area contributed by atoms with E-state index in [1.54, 1.807) is 0 Å². The van der Waals surface area contributed by atoms with Gasteiger partial charge in [-0.2, -0.15) is 0 Å². The molecule has 0 spiro atoms. The lowest BCUT2D eigenvalue weighted by atomic mass is 9.96. The van der Waals surface area contributed by atoms with Gasteiger partial charge in [-0.3, -0.25) is 4.79 Å². The van der Waals surface area contributed by atoms with Crippen molar-refractivity contribution in [3.05, 3.63) is 0 Å². The van der Waals surface area contributed by atoms with Crippen molar-refractivity contribution in [2.75, 3.05) is 0 Å². The Morgan fingerprint density at radius 2 is 1.87 bits per heavy atom. The molecule has 1 unspecified atom stereocenters. The summed E-state index contributed by atoms with van der Waals surface area (Å²) in [6.45, 7) is 1.19. The van der Waals surface area contributed by atoms with Crippen molar-refractivity contribution >= 4 is 16.0 Å². The molecular formula is C9H17NO4S. The third kappa shape index (κ3) is 3.46. The van der Waals surface area contributed by atoms with Crippen LogP contribution in [0, 0.1) is 0 Å². The minimum atomic E-state index is -3.71. The minimum absolute atomic E-state index is 0.0782. The van der Waals surface area contributed by atoms with Gasteiger partial charge in [0, 0.05) is 6.04 Å². The van der Waals surface area contributed by atoms with E-state index in [-0.39, 0.29) is 6.04 Å². The van der Waals surface area contributed by atoms with E-state index in [1.807, 2.05) is 0 Å². The number of sulfonamides is 1. The summed E-state index contributed by atoms with van der Waals surface area (Å²) >= 11 is 0. The molecule has 0 aromatic heterocycles. The molecule has 0 aromatic carbocycles. The lowest BCUT2D eigenvalue weighted by Gasteiger charge is -2.23. The highest BCUT2D eigenvalue weighted by Crippen LogP contribution is 2.18. The molecule has 88 valence electrons. The summed E-state index contributed by atoms with van der Waals surface area (Å²) in [5.41, 5.74) is 0. The summed E-state index contributed by atoms with van der Waals surface area (Å²) < 4.78 is 25.6. The van der Waals surface area contributed by atoms with Gasteiger partial charge in [-0.05, 0) is 19.8 Å². The summed E-state index contributed by atoms with van der Waals surface area (Å²) in [5.74, 6) is -1.31. The molecule has 1 atom stereocenters. The zero-order chi connectivity index (χ0) is 11.5. The van der Waals surface area contributed by atoms with E-state index in [9.17, 15) is 13.2 Å². The zero-order valence-electron chi connectivity index (χ0n) is 8.77. The lowest BCUT2D eigenvalue weighted by Crippen LogP contribution is -2.43. The first-order chi connectivity index (χ1) is 6.93. The standard InChI is InChI=1S/C9H17NO4S/c1-7(9(11)12)15(13,14)10-8-5-3-2-4-6-8/h7-8,10H,2-6H2,1H3,(H,11,12). The first-order valence-corrected chi connectivity index (χ1v) is 6.72. The van der Waals surface area contributed by atoms with Crippen LogP contribution in [-0.2, 0) is 14.8 Å². The smallest absolute Gasteiger partial charge is 0.323 e. The van der Waals surface area contributed by atoms with Gasteiger partial charge < -0.3 is 5.11 Å². The molecule has 1 aliphatic carbocycles. The average molecular weight is 235 g/mol. The molecule has 0 bridgehead atoms. The number of aliphatic carboxylic acids is 1. The highest BCUT2D eigenvalue weighted by Gasteiger charge is 2.30. The topological polar surface area (TPSA) is 83.5 Å². The van der Waals surface area contributed by atoms with Crippen LogP contribution in [-0.4, -0.2) is 30.8 Å². The summed E-state index contributed by atoms with van der Waals surface area (Å²) in [5, 5.41) is 7.25. The van der Waals surface area contributed by atoms with E-state index in [2.05, 4.69) is 4.72 Å². The molecule has 0 heterocycles. The van der Waals surface area contributed by atoms with Crippen LogP contribution in [0.1, 0.15) is 39.0 Å². The molecule has 1 saturated carbocycles. The van der Waals surface area contributed by atoms with Crippen LogP contribution in [0.4, 0.5) is 0 Å². The molecule has 1 aliphatic rings. The second-order valence-electron chi connectivity index (χ2n) is 3.98. The maximum atomic E-state index is 11.5. The van der Waals surface area contributed by atoms with Crippen LogP contribution in [0.15, 0.2) is 0 Å². The SMILES string of the molecule is CC(C(=O)O)S(=O)(=O)NC1CCCCC1. The molecular weight excluding hydrogens is 218 g/mol. The third-order valence-electron chi connectivity index (χ3n) is 2.75. The van der Waals surface area contributed by atoms with Crippen molar-refractivity contribution in [1.29, 1.82) is 0 Å². The number of hydrogen-bond acceptors (Lipinski definition) is 3. The molecule has 0 amide bonds. The molecule has 6 heteroatoms. The largest absolute Gasteiger partial charge is 0.480 e. The molecule has 0 saturated heterocycles. The summed E-state index contributed by atoms with van der Waals surface area (Å²) in [6.07, 6.45) is 4.77. The van der Waals surface area contributed by atoms with E-state index < -0.39 is 21.2 Å². The maximum Gasteiger partial charge on any atom is 0.323 e. The summed E-state index contributed by atoms with van der Waals surface area (Å²) in [6, 6.07) is -0.0782. The predicted octanol–water partition coefficient (Wildman–Crippen LogP) is 0.712. The van der Waals surface area contributed by atoms with E-state index in [4.69, 9.17) is 5.11 Å². The fourth-order valence-corrected chi connectivity index (χ4v) is 2.86. The molecule has 0 aliphatic heterocycles. The summed E-state index contributed by atoms with van der Waals surface area (Å²) in [7, 11) is -3.71. The van der Waals surface area contributed by atoms with Gasteiger partial charge in [-0.1, -0.05) is 19.3 Å². The molecule has 0 aromatic rings. The van der Waals surface area contributed by atoms with Crippen molar-refractivity contribution in [2.45, 2.75) is 50.3 Å². The normalized spacial score (nSPS) is 21.1. The molecule has 2 N–H and O–H groups in total.